The van der Waals surface area contributed by atoms with Crippen molar-refractivity contribution in [2.75, 3.05) is 31.5 Å². The van der Waals surface area contributed by atoms with E-state index in [-0.39, 0.29) is 18.2 Å². The van der Waals surface area contributed by atoms with E-state index < -0.39 is 5.60 Å². The van der Waals surface area contributed by atoms with Gasteiger partial charge in [0.1, 0.15) is 17.5 Å². The number of aromatic nitrogens is 3. The maximum atomic E-state index is 12.6. The van der Waals surface area contributed by atoms with Crippen LogP contribution in [0.4, 0.5) is 15.3 Å². The van der Waals surface area contributed by atoms with E-state index >= 15 is 0 Å². The molecule has 0 radical (unpaired) electrons. The van der Waals surface area contributed by atoms with Crippen molar-refractivity contribution in [3.05, 3.63) is 66.1 Å². The highest BCUT2D eigenvalue weighted by Gasteiger charge is 2.27. The number of piperidine rings is 1. The van der Waals surface area contributed by atoms with Crippen molar-refractivity contribution in [1.82, 2.24) is 24.2 Å². The molecule has 44 heavy (non-hydrogen) atoms. The van der Waals surface area contributed by atoms with E-state index in [1.807, 2.05) is 72.8 Å². The third-order valence-electron chi connectivity index (χ3n) is 7.78. The predicted octanol–water partition coefficient (Wildman–Crippen LogP) is 7.12. The van der Waals surface area contributed by atoms with Crippen molar-refractivity contribution in [3.8, 4) is 28.1 Å². The van der Waals surface area contributed by atoms with Crippen LogP contribution in [0.3, 0.4) is 0 Å². The van der Waals surface area contributed by atoms with Crippen molar-refractivity contribution < 1.29 is 19.1 Å². The van der Waals surface area contributed by atoms with Gasteiger partial charge in [0, 0.05) is 74.4 Å². The van der Waals surface area contributed by atoms with E-state index in [4.69, 9.17) is 21.1 Å². The lowest BCUT2D eigenvalue weighted by molar-refractivity contribution is 0.0126. The molecule has 230 valence electrons. The average molecular weight is 617 g/mol. The molecule has 2 aliphatic heterocycles. The fourth-order valence-corrected chi connectivity index (χ4v) is 5.70. The lowest BCUT2D eigenvalue weighted by Crippen LogP contribution is -2.44. The Morgan fingerprint density at radius 3 is 2.36 bits per heavy atom. The number of ether oxygens (including phenoxy) is 2. The minimum Gasteiger partial charge on any atom is -0.490 e. The molecule has 1 N–H and O–H groups in total. The number of urea groups is 1. The maximum absolute atomic E-state index is 12.6. The van der Waals surface area contributed by atoms with Crippen molar-refractivity contribution in [2.45, 2.75) is 58.2 Å². The third kappa shape index (κ3) is 6.91. The summed E-state index contributed by atoms with van der Waals surface area (Å²) in [6, 6.07) is 13.3. The fourth-order valence-electron chi connectivity index (χ4n) is 5.49. The first-order valence-corrected chi connectivity index (χ1v) is 15.4. The Morgan fingerprint density at radius 2 is 1.66 bits per heavy atom. The second-order valence-corrected chi connectivity index (χ2v) is 12.7. The molecule has 3 amide bonds. The van der Waals surface area contributed by atoms with E-state index in [0.717, 1.165) is 61.2 Å². The van der Waals surface area contributed by atoms with Gasteiger partial charge in [0.15, 0.2) is 0 Å². The molecule has 2 fully saturated rings. The summed E-state index contributed by atoms with van der Waals surface area (Å²) in [5.74, 6) is 1.33. The molecule has 11 heteroatoms. The number of hydrogen-bond acceptors (Lipinski definition) is 6. The number of nitrogens with one attached hydrogen (secondary N) is 1. The highest BCUT2D eigenvalue weighted by molar-refractivity contribution is 6.33. The van der Waals surface area contributed by atoms with Crippen LogP contribution in [0.25, 0.3) is 28.2 Å². The van der Waals surface area contributed by atoms with Crippen LogP contribution in [0.15, 0.2) is 61.1 Å². The Balaban J connectivity index is 1.10. The number of likely N-dealkylation sites (tertiary alicyclic amines) is 2. The summed E-state index contributed by atoms with van der Waals surface area (Å²) in [6.45, 7) is 8.40. The predicted molar refractivity (Wildman–Crippen MR) is 170 cm³/mol. The number of imidazole rings is 1. The van der Waals surface area contributed by atoms with Crippen LogP contribution >= 0.6 is 11.6 Å². The molecule has 2 aliphatic rings. The first-order valence-electron chi connectivity index (χ1n) is 15.1. The zero-order valence-corrected chi connectivity index (χ0v) is 26.0. The quantitative estimate of drug-likeness (QED) is 0.256. The van der Waals surface area contributed by atoms with Crippen molar-refractivity contribution in [1.29, 1.82) is 0 Å². The molecule has 4 heterocycles. The van der Waals surface area contributed by atoms with Gasteiger partial charge in [-0.2, -0.15) is 0 Å². The SMILES string of the molecule is CC(C)(C)OC(=O)N1CCC(Oc2ccc(-c3cnc4nc(-c5cc(NC(=O)N6CCCC6)ccc5Cl)cn4c3)cc2)CC1. The standard InChI is InChI=1S/C33H37ClN6O4/c1-33(2,3)44-32(42)39-16-12-26(13-17-39)43-25-9-6-22(7-10-25)23-19-35-30-37-29(21-40(30)20-23)27-18-24(8-11-28(27)34)36-31(41)38-14-4-5-15-38/h6-11,18-21,26H,4-5,12-17H2,1-3H3,(H,36,41). The summed E-state index contributed by atoms with van der Waals surface area (Å²) in [7, 11) is 0. The van der Waals surface area contributed by atoms with Crippen LogP contribution in [-0.4, -0.2) is 74.2 Å². The largest absolute Gasteiger partial charge is 0.490 e. The van der Waals surface area contributed by atoms with Gasteiger partial charge in [0.25, 0.3) is 0 Å². The van der Waals surface area contributed by atoms with Gasteiger partial charge in [-0.3, -0.25) is 4.40 Å². The monoisotopic (exact) mass is 616 g/mol. The van der Waals surface area contributed by atoms with Crippen LogP contribution in [0.2, 0.25) is 5.02 Å². The summed E-state index contributed by atoms with van der Waals surface area (Å²) in [4.78, 5) is 37.7. The molecule has 2 aromatic heterocycles. The molecular weight excluding hydrogens is 580 g/mol. The maximum Gasteiger partial charge on any atom is 0.410 e. The zero-order chi connectivity index (χ0) is 30.8. The van der Waals surface area contributed by atoms with Crippen LogP contribution in [-0.2, 0) is 4.74 Å². The number of carbonyl (C=O) groups excluding carboxylic acids is 2. The van der Waals surface area contributed by atoms with E-state index in [9.17, 15) is 9.59 Å². The minimum atomic E-state index is -0.501. The van der Waals surface area contributed by atoms with E-state index in [0.29, 0.717) is 35.3 Å². The molecular formula is C33H37ClN6O4. The van der Waals surface area contributed by atoms with E-state index in [1.54, 1.807) is 23.2 Å². The summed E-state index contributed by atoms with van der Waals surface area (Å²) in [5, 5.41) is 3.52. The number of halogens is 1. The minimum absolute atomic E-state index is 0.0424. The van der Waals surface area contributed by atoms with E-state index in [1.165, 1.54) is 0 Å². The highest BCUT2D eigenvalue weighted by Crippen LogP contribution is 2.31. The molecule has 0 spiro atoms. The molecule has 2 aromatic carbocycles. The fraction of sp³-hybridized carbons (Fsp3) is 0.394. The summed E-state index contributed by atoms with van der Waals surface area (Å²) in [6.07, 6.45) is 9.01. The van der Waals surface area contributed by atoms with Gasteiger partial charge in [-0.15, -0.1) is 0 Å². The van der Waals surface area contributed by atoms with Gasteiger partial charge < -0.3 is 24.6 Å². The number of benzene rings is 2. The van der Waals surface area contributed by atoms with E-state index in [2.05, 4.69) is 15.3 Å². The zero-order valence-electron chi connectivity index (χ0n) is 25.3. The second kappa shape index (κ2) is 12.4. The third-order valence-corrected chi connectivity index (χ3v) is 8.11. The van der Waals surface area contributed by atoms with Crippen molar-refractivity contribution in [3.63, 3.8) is 0 Å². The summed E-state index contributed by atoms with van der Waals surface area (Å²) in [5.41, 5.74) is 3.47. The van der Waals surface area contributed by atoms with Gasteiger partial charge in [0.05, 0.1) is 10.7 Å². The Morgan fingerprint density at radius 1 is 0.932 bits per heavy atom. The Bertz CT molecular complexity index is 1650. The molecule has 6 rings (SSSR count). The summed E-state index contributed by atoms with van der Waals surface area (Å²) >= 11 is 6.55. The normalized spacial score (nSPS) is 15.9. The molecule has 0 bridgehead atoms. The number of rotatable bonds is 5. The number of anilines is 1. The second-order valence-electron chi connectivity index (χ2n) is 12.3. The van der Waals surface area contributed by atoms with Crippen molar-refractivity contribution >= 4 is 35.2 Å². The Kier molecular flexibility index (Phi) is 8.35. The molecule has 0 saturated carbocycles. The number of amides is 3. The van der Waals surface area contributed by atoms with Crippen LogP contribution in [0.1, 0.15) is 46.5 Å². The lowest BCUT2D eigenvalue weighted by atomic mass is 10.1. The lowest BCUT2D eigenvalue weighted by Gasteiger charge is -2.33. The molecule has 0 unspecified atom stereocenters. The molecule has 10 nitrogen and oxygen atoms in total. The molecule has 0 aliphatic carbocycles. The van der Waals surface area contributed by atoms with Crippen LogP contribution in [0.5, 0.6) is 5.75 Å². The Labute approximate surface area is 261 Å². The topological polar surface area (TPSA) is 101 Å². The summed E-state index contributed by atoms with van der Waals surface area (Å²) < 4.78 is 13.6. The number of hydrogen-bond donors (Lipinski definition) is 1. The van der Waals surface area contributed by atoms with Crippen molar-refractivity contribution in [2.24, 2.45) is 0 Å². The number of fused-ring (bicyclic) bond motifs is 1. The van der Waals surface area contributed by atoms with Gasteiger partial charge in [-0.25, -0.2) is 19.6 Å². The number of nitrogens with zero attached hydrogens (tertiary/aromatic N) is 5. The van der Waals surface area contributed by atoms with Gasteiger partial charge in [-0.05, 0) is 69.5 Å². The average Bonchev–Trinajstić information content (AvgIpc) is 3.68. The number of carbonyl (C=O) groups is 2. The van der Waals surface area contributed by atoms with Gasteiger partial charge in [0.2, 0.25) is 5.78 Å². The Hall–Kier alpha value is -4.31. The first kappa shape index (κ1) is 29.7. The molecule has 0 atom stereocenters. The van der Waals surface area contributed by atoms with Crippen LogP contribution in [0, 0.1) is 0 Å². The highest BCUT2D eigenvalue weighted by atomic mass is 35.5. The molecule has 2 saturated heterocycles. The smallest absolute Gasteiger partial charge is 0.410 e. The van der Waals surface area contributed by atoms with Crippen LogP contribution < -0.4 is 10.1 Å². The van der Waals surface area contributed by atoms with Gasteiger partial charge in [-0.1, -0.05) is 23.7 Å². The molecule has 4 aromatic rings. The van der Waals surface area contributed by atoms with Gasteiger partial charge >= 0.3 is 12.1 Å². The first-order chi connectivity index (χ1) is 21.1.